The fourth-order valence-corrected chi connectivity index (χ4v) is 7.54. The van der Waals surface area contributed by atoms with Crippen molar-refractivity contribution in [2.45, 2.75) is 68.2 Å². The summed E-state index contributed by atoms with van der Waals surface area (Å²) < 4.78 is 89.6. The number of pyridine rings is 1. The van der Waals surface area contributed by atoms with E-state index in [1.54, 1.807) is 12.2 Å². The van der Waals surface area contributed by atoms with Gasteiger partial charge in [-0.05, 0) is 12.5 Å². The molecule has 11 atom stereocenters. The first-order valence-corrected chi connectivity index (χ1v) is 18.6. The number of aromatic amines is 1. The number of anilines is 1. The molecule has 0 spiro atoms. The fourth-order valence-electron chi connectivity index (χ4n) is 5.45. The number of rotatable bonds is 13. The number of ether oxygens (including phenoxy) is 2. The molecule has 5 heterocycles. The van der Waals surface area contributed by atoms with Crippen LogP contribution in [-0.4, -0.2) is 130 Å². The minimum atomic E-state index is -5.47. The molecule has 3 aromatic heterocycles. The number of halogens is 3. The van der Waals surface area contributed by atoms with Gasteiger partial charge in [-0.1, -0.05) is 0 Å². The Hall–Kier alpha value is -3.62. The molecule has 2 aliphatic rings. The number of hydrogen-bond acceptors (Lipinski definition) is 16. The van der Waals surface area contributed by atoms with E-state index in [9.17, 15) is 62.1 Å². The molecule has 28 heteroatoms. The number of nitrogens with one attached hydrogen (secondary N) is 2. The number of phosphoric ester groups is 2. The van der Waals surface area contributed by atoms with E-state index in [1.807, 2.05) is 0 Å². The van der Waals surface area contributed by atoms with Crippen LogP contribution in [-0.2, 0) is 32.0 Å². The van der Waals surface area contributed by atoms with E-state index in [0.29, 0.717) is 5.56 Å². The molecular weight excluding hydrogens is 783 g/mol. The number of nitrogens with two attached hydrogens (primary N) is 1. The lowest BCUT2D eigenvalue weighted by molar-refractivity contribution is -0.765. The third-order valence-electron chi connectivity index (χ3n) is 8.41. The Labute approximate surface area is 300 Å². The Morgan fingerprint density at radius 1 is 1.07 bits per heavy atom. The van der Waals surface area contributed by atoms with Crippen molar-refractivity contribution in [1.29, 1.82) is 0 Å². The molecule has 2 fully saturated rings. The van der Waals surface area contributed by atoms with Gasteiger partial charge in [0.25, 0.3) is 11.8 Å². The third-order valence-corrected chi connectivity index (χ3v) is 11.0. The predicted molar refractivity (Wildman–Crippen MR) is 169 cm³/mol. The molecule has 3 aromatic rings. The summed E-state index contributed by atoms with van der Waals surface area (Å²) in [5.74, 6) is -0.287. The molecule has 10 N–H and O–H groups in total. The van der Waals surface area contributed by atoms with Crippen LogP contribution >= 0.6 is 15.6 Å². The van der Waals surface area contributed by atoms with Crippen molar-refractivity contribution in [2.75, 3.05) is 32.5 Å². The molecule has 54 heavy (non-hydrogen) atoms. The van der Waals surface area contributed by atoms with Gasteiger partial charge in [0.05, 0.1) is 25.6 Å². The van der Waals surface area contributed by atoms with Gasteiger partial charge in [-0.25, -0.2) is 18.9 Å². The van der Waals surface area contributed by atoms with Gasteiger partial charge in [-0.15, -0.1) is 0 Å². The summed E-state index contributed by atoms with van der Waals surface area (Å²) in [5.41, 5.74) is 5.03. The van der Waals surface area contributed by atoms with Crippen LogP contribution in [0.1, 0.15) is 31.0 Å². The van der Waals surface area contributed by atoms with Crippen molar-refractivity contribution < 1.29 is 84.7 Å². The Morgan fingerprint density at radius 3 is 2.24 bits per heavy atom. The number of amides is 2. The van der Waals surface area contributed by atoms with Crippen LogP contribution in [0, 0.1) is 0 Å². The molecule has 0 aliphatic carbocycles. The van der Waals surface area contributed by atoms with E-state index in [-0.39, 0.29) is 17.1 Å². The van der Waals surface area contributed by atoms with E-state index in [4.69, 9.17) is 24.3 Å². The normalized spacial score (nSPS) is 28.8. The molecule has 2 saturated heterocycles. The highest BCUT2D eigenvalue weighted by Gasteiger charge is 2.50. The third kappa shape index (κ3) is 9.42. The number of aliphatic hydroxyl groups is 4. The van der Waals surface area contributed by atoms with Crippen LogP contribution in [0.3, 0.4) is 0 Å². The van der Waals surface area contributed by atoms with Gasteiger partial charge in [0, 0.05) is 19.2 Å². The maximum atomic E-state index is 12.5. The number of urea groups is 1. The Kier molecular flexibility index (Phi) is 12.2. The smallest absolute Gasteiger partial charge is 0.387 e. The standard InChI is InChI=1S/C26H35F3N8O15P2/c1-11(35(2)25(43)31-9-26(27,28)29)12-3-5-36(6-4-12)22-18(40)16(38)13(50-22)7-48-53(44,45)52-54(46,47)49-8-14-17(39)19(41)23(51-14)37-10-32-15-20(37)33-24(30)34-21(15)42/h3-6,10-11,13-14,16-19,22-23,38-41H,7-9H2,1-2H3,(H5-,30,31,33,34,42,43,44,45,46,47)/p+1/t11-,13+,14+,16+,17+,18+,19+,22+,23+/m0/s1. The summed E-state index contributed by atoms with van der Waals surface area (Å²) in [5, 5.41) is 43.8. The summed E-state index contributed by atoms with van der Waals surface area (Å²) in [6, 6.07) is 1.25. The summed E-state index contributed by atoms with van der Waals surface area (Å²) in [6.07, 6.45) is -13.4. The number of carbonyl (C=O) groups is 1. The van der Waals surface area contributed by atoms with Crippen LogP contribution in [0.4, 0.5) is 23.9 Å². The lowest BCUT2D eigenvalue weighted by atomic mass is 10.1. The fraction of sp³-hybridized carbons (Fsp3) is 0.577. The van der Waals surface area contributed by atoms with Crippen molar-refractivity contribution >= 4 is 38.8 Å². The van der Waals surface area contributed by atoms with Crippen LogP contribution in [0.5, 0.6) is 0 Å². The second-order valence-corrected chi connectivity index (χ2v) is 15.2. The van der Waals surface area contributed by atoms with E-state index in [0.717, 1.165) is 15.8 Å². The van der Waals surface area contributed by atoms with Gasteiger partial charge in [0.2, 0.25) is 5.95 Å². The molecule has 2 amide bonds. The van der Waals surface area contributed by atoms with Gasteiger partial charge >= 0.3 is 27.9 Å². The average Bonchev–Trinajstić information content (AvgIpc) is 3.73. The molecule has 5 rings (SSSR count). The number of aromatic nitrogens is 5. The van der Waals surface area contributed by atoms with Gasteiger partial charge in [0.1, 0.15) is 37.1 Å². The molecular formula is C26H36F3N8O15P2+. The van der Waals surface area contributed by atoms with Crippen molar-refractivity contribution in [3.8, 4) is 0 Å². The summed E-state index contributed by atoms with van der Waals surface area (Å²) in [7, 11) is -9.65. The Morgan fingerprint density at radius 2 is 1.65 bits per heavy atom. The molecule has 2 aliphatic heterocycles. The minimum absolute atomic E-state index is 0.122. The number of H-pyrrole nitrogens is 1. The number of hydrogen-bond donors (Lipinski definition) is 9. The van der Waals surface area contributed by atoms with E-state index in [1.165, 1.54) is 36.1 Å². The molecule has 0 radical (unpaired) electrons. The van der Waals surface area contributed by atoms with Gasteiger partial charge in [-0.2, -0.15) is 27.0 Å². The number of phosphoric acid groups is 2. The minimum Gasteiger partial charge on any atom is -0.387 e. The highest BCUT2D eigenvalue weighted by atomic mass is 31.3. The SMILES string of the molecule is C[C@@H](c1cc[n+]([C@@H]2O[C@H](COP(=O)(O)OP(=O)(O)OC[C@H]3O[C@@H](n4cnc5c(=O)[nH]c(N)nc54)[C@H](O)[C@@H]3O)[C@@H](O)[C@H]2O)cc1)N(C)C(=O)NCC(F)(F)F. The molecule has 23 nitrogen and oxygen atoms in total. The van der Waals surface area contributed by atoms with Gasteiger partial charge in [-0.3, -0.25) is 23.4 Å². The van der Waals surface area contributed by atoms with E-state index >= 15 is 0 Å². The van der Waals surface area contributed by atoms with Crippen molar-refractivity contribution in [1.82, 2.24) is 29.7 Å². The molecule has 2 unspecified atom stereocenters. The number of imidazole rings is 1. The van der Waals surface area contributed by atoms with Crippen LogP contribution < -0.4 is 21.2 Å². The quantitative estimate of drug-likeness (QED) is 0.0696. The first-order valence-electron chi connectivity index (χ1n) is 15.6. The van der Waals surface area contributed by atoms with Crippen molar-refractivity contribution in [3.05, 3.63) is 46.8 Å². The van der Waals surface area contributed by atoms with Crippen molar-refractivity contribution in [3.63, 3.8) is 0 Å². The molecule has 300 valence electrons. The highest BCUT2D eigenvalue weighted by molar-refractivity contribution is 7.61. The average molecular weight is 820 g/mol. The van der Waals surface area contributed by atoms with Gasteiger partial charge < -0.3 is 55.6 Å². The van der Waals surface area contributed by atoms with Crippen molar-refractivity contribution in [2.24, 2.45) is 0 Å². The maximum Gasteiger partial charge on any atom is 0.481 e. The molecule has 0 saturated carbocycles. The second kappa shape index (κ2) is 15.9. The lowest BCUT2D eigenvalue weighted by Gasteiger charge is -2.25. The zero-order valence-electron chi connectivity index (χ0n) is 27.9. The number of alkyl halides is 3. The topological polar surface area (TPSA) is 327 Å². The Bertz CT molecular complexity index is 1970. The first-order chi connectivity index (χ1) is 25.1. The molecule has 0 aromatic carbocycles. The lowest BCUT2D eigenvalue weighted by Crippen LogP contribution is -2.46. The highest BCUT2D eigenvalue weighted by Crippen LogP contribution is 2.60. The Balaban J connectivity index is 1.13. The van der Waals surface area contributed by atoms with Gasteiger partial charge in [0.15, 0.2) is 35.9 Å². The zero-order chi connectivity index (χ0) is 39.9. The van der Waals surface area contributed by atoms with Crippen LogP contribution in [0.25, 0.3) is 11.2 Å². The number of aliphatic hydroxyl groups excluding tert-OH is 4. The summed E-state index contributed by atoms with van der Waals surface area (Å²) in [4.78, 5) is 55.4. The monoisotopic (exact) mass is 819 g/mol. The number of nitrogens with zero attached hydrogens (tertiary/aromatic N) is 5. The summed E-state index contributed by atoms with van der Waals surface area (Å²) in [6.45, 7) is -1.92. The second-order valence-electron chi connectivity index (χ2n) is 12.1. The van der Waals surface area contributed by atoms with Crippen LogP contribution in [0.2, 0.25) is 0 Å². The zero-order valence-corrected chi connectivity index (χ0v) is 29.7. The summed E-state index contributed by atoms with van der Waals surface area (Å²) >= 11 is 0. The van der Waals surface area contributed by atoms with E-state index in [2.05, 4.69) is 19.3 Å². The first kappa shape index (κ1) is 41.5. The largest absolute Gasteiger partial charge is 0.481 e. The number of fused-ring (bicyclic) bond motifs is 1. The number of carbonyl (C=O) groups excluding carboxylic acids is 1. The van der Waals surface area contributed by atoms with Crippen LogP contribution in [0.15, 0.2) is 35.6 Å². The molecule has 0 bridgehead atoms. The predicted octanol–water partition coefficient (Wildman–Crippen LogP) is -1.56. The maximum absolute atomic E-state index is 12.5. The van der Waals surface area contributed by atoms with E-state index < -0.39 is 108 Å². The number of nitrogen functional groups attached to an aromatic ring is 1.